The first-order valence-electron chi connectivity index (χ1n) is 6.50. The summed E-state index contributed by atoms with van der Waals surface area (Å²) >= 11 is 0. The summed E-state index contributed by atoms with van der Waals surface area (Å²) in [7, 11) is 0. The largest absolute Gasteiger partial charge is 0.390 e. The molecule has 0 heterocycles. The maximum Gasteiger partial charge on any atom is 0.248 e. The van der Waals surface area contributed by atoms with Gasteiger partial charge in [-0.1, -0.05) is 30.3 Å². The molecule has 0 saturated heterocycles. The van der Waals surface area contributed by atoms with Crippen molar-refractivity contribution in [3.05, 3.63) is 35.9 Å². The van der Waals surface area contributed by atoms with Gasteiger partial charge in [0.05, 0.1) is 5.60 Å². The molecular weight excluding hydrogens is 234 g/mol. The third kappa shape index (κ3) is 3.77. The van der Waals surface area contributed by atoms with Crippen LogP contribution in [0.3, 0.4) is 0 Å². The predicted molar refractivity (Wildman–Crippen MR) is 67.7 cm³/mol. The Balaban J connectivity index is 1.92. The van der Waals surface area contributed by atoms with Crippen LogP contribution in [0.4, 0.5) is 8.78 Å². The van der Waals surface area contributed by atoms with E-state index in [2.05, 4.69) is 0 Å². The molecule has 2 atom stereocenters. The van der Waals surface area contributed by atoms with Crippen LogP contribution in [0.2, 0.25) is 0 Å². The molecule has 1 N–H and O–H groups in total. The highest BCUT2D eigenvalue weighted by Gasteiger charge is 2.41. The highest BCUT2D eigenvalue weighted by atomic mass is 19.3. The zero-order valence-electron chi connectivity index (χ0n) is 10.7. The quantitative estimate of drug-likeness (QED) is 0.866. The summed E-state index contributed by atoms with van der Waals surface area (Å²) in [5, 5.41) is 10.4. The molecule has 0 spiro atoms. The first-order chi connectivity index (χ1) is 8.36. The molecule has 3 heteroatoms. The van der Waals surface area contributed by atoms with Crippen LogP contribution >= 0.6 is 0 Å². The van der Waals surface area contributed by atoms with Gasteiger partial charge in [-0.25, -0.2) is 8.78 Å². The van der Waals surface area contributed by atoms with E-state index in [1.807, 2.05) is 30.3 Å². The van der Waals surface area contributed by atoms with E-state index in [0.717, 1.165) is 5.56 Å². The van der Waals surface area contributed by atoms with Gasteiger partial charge < -0.3 is 5.11 Å². The molecule has 1 aromatic carbocycles. The first kappa shape index (κ1) is 13.5. The van der Waals surface area contributed by atoms with E-state index >= 15 is 0 Å². The maximum absolute atomic E-state index is 13.1. The van der Waals surface area contributed by atoms with Crippen LogP contribution < -0.4 is 0 Å². The van der Waals surface area contributed by atoms with Gasteiger partial charge in [-0.2, -0.15) is 0 Å². The number of rotatable bonds is 4. The molecule has 1 saturated carbocycles. The Morgan fingerprint density at radius 2 is 2.00 bits per heavy atom. The number of benzene rings is 1. The normalized spacial score (nSPS) is 25.9. The van der Waals surface area contributed by atoms with E-state index in [9.17, 15) is 13.9 Å². The number of alkyl halides is 2. The lowest BCUT2D eigenvalue weighted by Gasteiger charge is -2.26. The second kappa shape index (κ2) is 4.96. The van der Waals surface area contributed by atoms with Crippen molar-refractivity contribution in [1.29, 1.82) is 0 Å². The summed E-state index contributed by atoms with van der Waals surface area (Å²) in [5.74, 6) is -2.58. The van der Waals surface area contributed by atoms with Gasteiger partial charge in [-0.05, 0) is 31.2 Å². The van der Waals surface area contributed by atoms with Crippen molar-refractivity contribution in [3.63, 3.8) is 0 Å². The molecule has 1 aliphatic carbocycles. The van der Waals surface area contributed by atoms with Crippen LogP contribution in [0.5, 0.6) is 0 Å². The summed E-state index contributed by atoms with van der Waals surface area (Å²) in [6.45, 7) is 1.75. The Morgan fingerprint density at radius 1 is 1.33 bits per heavy atom. The van der Waals surface area contributed by atoms with Crippen LogP contribution in [0.1, 0.15) is 38.2 Å². The van der Waals surface area contributed by atoms with E-state index in [1.54, 1.807) is 6.92 Å². The average Bonchev–Trinajstić information content (AvgIpc) is 2.57. The summed E-state index contributed by atoms with van der Waals surface area (Å²) in [6.07, 6.45) is 1.41. The second-order valence-electron chi connectivity index (χ2n) is 5.83. The Hall–Kier alpha value is -0.960. The van der Waals surface area contributed by atoms with Crippen LogP contribution in [0.25, 0.3) is 0 Å². The fraction of sp³-hybridized carbons (Fsp3) is 0.600. The van der Waals surface area contributed by atoms with Gasteiger partial charge in [0.15, 0.2) is 0 Å². The second-order valence-corrected chi connectivity index (χ2v) is 5.83. The van der Waals surface area contributed by atoms with Crippen molar-refractivity contribution < 1.29 is 13.9 Å². The lowest BCUT2D eigenvalue weighted by Crippen LogP contribution is -2.30. The minimum atomic E-state index is -2.52. The summed E-state index contributed by atoms with van der Waals surface area (Å²) in [6, 6.07) is 9.69. The molecule has 100 valence electrons. The topological polar surface area (TPSA) is 20.2 Å². The Kier molecular flexibility index (Phi) is 3.71. The summed E-state index contributed by atoms with van der Waals surface area (Å²) in [5.41, 5.74) is 0.152. The van der Waals surface area contributed by atoms with E-state index in [1.165, 1.54) is 0 Å². The minimum Gasteiger partial charge on any atom is -0.390 e. The molecule has 1 aromatic rings. The van der Waals surface area contributed by atoms with Gasteiger partial charge in [0.25, 0.3) is 0 Å². The highest BCUT2D eigenvalue weighted by Crippen LogP contribution is 2.42. The lowest BCUT2D eigenvalue weighted by molar-refractivity contribution is -0.00529. The van der Waals surface area contributed by atoms with E-state index in [4.69, 9.17) is 0 Å². The van der Waals surface area contributed by atoms with E-state index in [-0.39, 0.29) is 18.8 Å². The zero-order chi connectivity index (χ0) is 13.2. The first-order valence-corrected chi connectivity index (χ1v) is 6.50. The molecule has 1 nitrogen and oxygen atoms in total. The van der Waals surface area contributed by atoms with E-state index < -0.39 is 11.5 Å². The van der Waals surface area contributed by atoms with Gasteiger partial charge >= 0.3 is 0 Å². The number of aliphatic hydroxyl groups is 1. The Bertz CT molecular complexity index is 387. The standard InChI is InChI=1S/C15H20F2O/c1-14(18,9-12-5-3-2-4-6-12)10-13-7-8-15(16,17)11-13/h2-6,13,18H,7-11H2,1H3. The fourth-order valence-corrected chi connectivity index (χ4v) is 2.95. The number of hydrogen-bond acceptors (Lipinski definition) is 1. The maximum atomic E-state index is 13.1. The van der Waals surface area contributed by atoms with Gasteiger partial charge in [0.2, 0.25) is 5.92 Å². The summed E-state index contributed by atoms with van der Waals surface area (Å²) < 4.78 is 26.2. The SMILES string of the molecule is CC(O)(Cc1ccccc1)CC1CCC(F)(F)C1. The molecule has 0 aromatic heterocycles. The fourth-order valence-electron chi connectivity index (χ4n) is 2.95. The van der Waals surface area contributed by atoms with E-state index in [0.29, 0.717) is 19.3 Å². The Labute approximate surface area is 107 Å². The third-order valence-corrected chi connectivity index (χ3v) is 3.66. The lowest BCUT2D eigenvalue weighted by atomic mass is 9.86. The number of halogens is 2. The van der Waals surface area contributed by atoms with Gasteiger partial charge in [-0.3, -0.25) is 0 Å². The highest BCUT2D eigenvalue weighted by molar-refractivity contribution is 5.16. The van der Waals surface area contributed by atoms with Crippen LogP contribution in [0.15, 0.2) is 30.3 Å². The molecule has 0 bridgehead atoms. The molecule has 0 amide bonds. The molecule has 18 heavy (non-hydrogen) atoms. The van der Waals surface area contributed by atoms with Crippen molar-refractivity contribution in [3.8, 4) is 0 Å². The molecule has 1 fully saturated rings. The predicted octanol–water partition coefficient (Wildman–Crippen LogP) is 3.81. The van der Waals surface area contributed by atoms with Gasteiger partial charge in [0.1, 0.15) is 0 Å². The van der Waals surface area contributed by atoms with Crippen molar-refractivity contribution in [2.45, 2.75) is 50.6 Å². The van der Waals surface area contributed by atoms with Crippen LogP contribution in [0, 0.1) is 5.92 Å². The molecular formula is C15H20F2O. The Morgan fingerprint density at radius 3 is 2.56 bits per heavy atom. The van der Waals surface area contributed by atoms with Crippen molar-refractivity contribution in [2.24, 2.45) is 5.92 Å². The van der Waals surface area contributed by atoms with Crippen LogP contribution in [-0.2, 0) is 6.42 Å². The molecule has 0 aliphatic heterocycles. The molecule has 1 aliphatic rings. The minimum absolute atomic E-state index is 0.0287. The van der Waals surface area contributed by atoms with Gasteiger partial charge in [0, 0.05) is 19.3 Å². The van der Waals surface area contributed by atoms with Gasteiger partial charge in [-0.15, -0.1) is 0 Å². The molecule has 2 unspecified atom stereocenters. The van der Waals surface area contributed by atoms with Crippen LogP contribution in [-0.4, -0.2) is 16.6 Å². The smallest absolute Gasteiger partial charge is 0.248 e. The molecule has 0 radical (unpaired) electrons. The zero-order valence-corrected chi connectivity index (χ0v) is 10.7. The van der Waals surface area contributed by atoms with Crippen molar-refractivity contribution in [1.82, 2.24) is 0 Å². The monoisotopic (exact) mass is 254 g/mol. The number of hydrogen-bond donors (Lipinski definition) is 1. The van der Waals surface area contributed by atoms with Crippen molar-refractivity contribution in [2.75, 3.05) is 0 Å². The van der Waals surface area contributed by atoms with Crippen molar-refractivity contribution >= 4 is 0 Å². The molecule has 2 rings (SSSR count). The average molecular weight is 254 g/mol. The summed E-state index contributed by atoms with van der Waals surface area (Å²) in [4.78, 5) is 0. The third-order valence-electron chi connectivity index (χ3n) is 3.66.